The molecule has 0 unspecified atom stereocenters. The lowest BCUT2D eigenvalue weighted by Gasteiger charge is -2.22. The largest absolute Gasteiger partial charge is 0.491 e. The highest BCUT2D eigenvalue weighted by Gasteiger charge is 2.25. The number of ether oxygens (including phenoxy) is 1. The molecule has 0 radical (unpaired) electrons. The van der Waals surface area contributed by atoms with Gasteiger partial charge in [-0.05, 0) is 42.4 Å². The molecule has 1 fully saturated rings. The van der Waals surface area contributed by atoms with Crippen LogP contribution in [0.1, 0.15) is 34.8 Å². The fraction of sp³-hybridized carbons (Fsp3) is 0.389. The molecule has 1 atom stereocenters. The van der Waals surface area contributed by atoms with E-state index in [1.807, 2.05) is 18.2 Å². The minimum atomic E-state index is -0.889. The number of nitrogens with one attached hydrogen (secondary N) is 1. The van der Waals surface area contributed by atoms with E-state index in [1.54, 1.807) is 10.9 Å². The van der Waals surface area contributed by atoms with Crippen LogP contribution in [0, 0.1) is 11.8 Å². The zero-order chi connectivity index (χ0) is 20.1. The summed E-state index contributed by atoms with van der Waals surface area (Å²) in [7, 11) is -0.889. The van der Waals surface area contributed by atoms with Gasteiger partial charge >= 0.3 is 7.12 Å². The van der Waals surface area contributed by atoms with Crippen LogP contribution in [-0.4, -0.2) is 47.7 Å². The van der Waals surface area contributed by atoms with Gasteiger partial charge in [-0.3, -0.25) is 9.48 Å². The van der Waals surface area contributed by atoms with Crippen molar-refractivity contribution in [2.45, 2.75) is 25.3 Å². The smallest absolute Gasteiger partial charge is 0.423 e. The molecule has 1 amide bonds. The lowest BCUT2D eigenvalue weighted by molar-refractivity contribution is 0.0550. The average Bonchev–Trinajstić information content (AvgIpc) is 3.14. The molecule has 1 aromatic heterocycles. The Labute approximate surface area is 163 Å². The summed E-state index contributed by atoms with van der Waals surface area (Å²) in [4.78, 5) is 11.8. The van der Waals surface area contributed by atoms with E-state index in [2.05, 4.69) is 17.0 Å². The summed E-state index contributed by atoms with van der Waals surface area (Å²) in [5.41, 5.74) is 8.43. The maximum atomic E-state index is 11.8. The van der Waals surface area contributed by atoms with Crippen molar-refractivity contribution in [1.82, 2.24) is 9.78 Å². The van der Waals surface area contributed by atoms with E-state index in [9.17, 15) is 9.82 Å². The Bertz CT molecular complexity index is 863. The van der Waals surface area contributed by atoms with Gasteiger partial charge in [-0.2, -0.15) is 5.10 Å². The normalized spacial score (nSPS) is 18.5. The highest BCUT2D eigenvalue weighted by molar-refractivity contribution is 6.60. The summed E-state index contributed by atoms with van der Waals surface area (Å²) in [6.07, 6.45) is 4.32. The molecule has 146 valence electrons. The van der Waals surface area contributed by atoms with Crippen LogP contribution in [0.2, 0.25) is 0 Å². The van der Waals surface area contributed by atoms with E-state index in [0.29, 0.717) is 24.6 Å². The van der Waals surface area contributed by atoms with Crippen LogP contribution in [0.15, 0.2) is 24.4 Å². The summed E-state index contributed by atoms with van der Waals surface area (Å²) < 4.78 is 12.5. The number of aromatic nitrogens is 2. The van der Waals surface area contributed by atoms with E-state index in [0.717, 1.165) is 42.6 Å². The highest BCUT2D eigenvalue weighted by atomic mass is 16.5. The van der Waals surface area contributed by atoms with Crippen molar-refractivity contribution in [2.75, 3.05) is 25.1 Å². The van der Waals surface area contributed by atoms with Crippen molar-refractivity contribution in [2.24, 2.45) is 5.73 Å². The predicted molar refractivity (Wildman–Crippen MR) is 103 cm³/mol. The molecule has 0 saturated carbocycles. The number of benzene rings is 1. The molecule has 2 aromatic rings. The first-order valence-electron chi connectivity index (χ1n) is 9.04. The fourth-order valence-corrected chi connectivity index (χ4v) is 3.43. The molecule has 0 aliphatic carbocycles. The highest BCUT2D eigenvalue weighted by Crippen LogP contribution is 2.25. The molecule has 3 heterocycles. The van der Waals surface area contributed by atoms with Crippen LogP contribution >= 0.6 is 0 Å². The Morgan fingerprint density at radius 3 is 2.96 bits per heavy atom. The van der Waals surface area contributed by atoms with Gasteiger partial charge in [-0.1, -0.05) is 6.07 Å². The third kappa shape index (κ3) is 4.17. The van der Waals surface area contributed by atoms with Crippen molar-refractivity contribution < 1.29 is 19.2 Å². The number of hydrogen-bond donors (Lipinski definition) is 3. The number of rotatable bonds is 4. The summed E-state index contributed by atoms with van der Waals surface area (Å²) in [6.45, 7) is 5.31. The monoisotopic (exact) mass is 383 g/mol. The Balaban J connectivity index is 0.00000109. The summed E-state index contributed by atoms with van der Waals surface area (Å²) in [6, 6.07) is 5.68. The van der Waals surface area contributed by atoms with Gasteiger partial charge in [0, 0.05) is 31.7 Å². The second-order valence-corrected chi connectivity index (χ2v) is 6.62. The molecule has 0 spiro atoms. The number of carbonyl (C=O) groups is 1. The predicted octanol–water partition coefficient (Wildman–Crippen LogP) is 0.477. The fourth-order valence-electron chi connectivity index (χ4n) is 3.43. The number of fused-ring (bicyclic) bond motifs is 1. The molecule has 9 nitrogen and oxygen atoms in total. The first-order chi connectivity index (χ1) is 13.6. The summed E-state index contributed by atoms with van der Waals surface area (Å²) >= 11 is 0. The number of anilines is 2. The zero-order valence-corrected chi connectivity index (χ0v) is 15.4. The van der Waals surface area contributed by atoms with Gasteiger partial charge in [0.15, 0.2) is 5.82 Å². The van der Waals surface area contributed by atoms with Crippen molar-refractivity contribution >= 4 is 30.0 Å². The van der Waals surface area contributed by atoms with Gasteiger partial charge in [0.1, 0.15) is 5.56 Å². The molecule has 10 heteroatoms. The maximum absolute atomic E-state index is 11.8. The van der Waals surface area contributed by atoms with Crippen molar-refractivity contribution in [3.05, 3.63) is 35.5 Å². The Hall–Kier alpha value is -2.87. The maximum Gasteiger partial charge on any atom is 0.491 e. The number of nitrogens with two attached hydrogens (primary N) is 1. The van der Waals surface area contributed by atoms with Crippen molar-refractivity contribution in [3.63, 3.8) is 0 Å². The van der Waals surface area contributed by atoms with Crippen LogP contribution in [0.3, 0.4) is 0 Å². The number of nitriles is 1. The molecule has 28 heavy (non-hydrogen) atoms. The van der Waals surface area contributed by atoms with E-state index in [4.69, 9.17) is 20.4 Å². The minimum Gasteiger partial charge on any atom is -0.423 e. The standard InChI is InChI=1S/C17H21BN4O4.CHN/c19-16(23)14-9-22(13-2-1-6-25-10-13)21-17(14)20-12-3-4-15-11(8-12)5-7-26-18(15)24;1-2/h3-4,8-9,13,24H,1-2,5-7,10H2,(H2,19,23)(H,20,21);1H/t13-;/m1./s1. The van der Waals surface area contributed by atoms with Crippen molar-refractivity contribution in [1.29, 1.82) is 5.26 Å². The molecule has 2 aliphatic rings. The van der Waals surface area contributed by atoms with Crippen LogP contribution in [-0.2, 0) is 15.8 Å². The number of hydrogen-bond acceptors (Lipinski definition) is 7. The van der Waals surface area contributed by atoms with Crippen LogP contribution < -0.4 is 16.5 Å². The van der Waals surface area contributed by atoms with Gasteiger partial charge in [0.05, 0.1) is 12.6 Å². The zero-order valence-electron chi connectivity index (χ0n) is 15.4. The molecule has 2 aliphatic heterocycles. The molecule has 1 aromatic carbocycles. The van der Waals surface area contributed by atoms with E-state index >= 15 is 0 Å². The average molecular weight is 383 g/mol. The van der Waals surface area contributed by atoms with Crippen LogP contribution in [0.5, 0.6) is 0 Å². The van der Waals surface area contributed by atoms with Gasteiger partial charge in [-0.15, -0.1) is 0 Å². The molecular weight excluding hydrogens is 361 g/mol. The summed E-state index contributed by atoms with van der Waals surface area (Å²) in [5, 5.41) is 24.1. The molecule has 1 saturated heterocycles. The Morgan fingerprint density at radius 2 is 2.25 bits per heavy atom. The number of primary amides is 1. The van der Waals surface area contributed by atoms with Gasteiger partial charge in [-0.25, -0.2) is 5.26 Å². The number of nitrogens with zero attached hydrogens (tertiary/aromatic N) is 3. The third-order valence-electron chi connectivity index (χ3n) is 4.83. The quantitative estimate of drug-likeness (QED) is 0.654. The molecule has 4 rings (SSSR count). The Morgan fingerprint density at radius 1 is 1.43 bits per heavy atom. The molecule has 4 N–H and O–H groups in total. The SMILES string of the molecule is C#N.NC(=O)c1cn([C@@H]2CCCOC2)nc1Nc1ccc2c(c1)CCOB2O. The third-order valence-corrected chi connectivity index (χ3v) is 4.83. The van der Waals surface area contributed by atoms with E-state index in [1.165, 1.54) is 0 Å². The lowest BCUT2D eigenvalue weighted by Crippen LogP contribution is -2.41. The molecular formula is C18H22BN5O4. The van der Waals surface area contributed by atoms with Gasteiger partial charge < -0.3 is 25.5 Å². The van der Waals surface area contributed by atoms with Crippen LogP contribution in [0.4, 0.5) is 11.5 Å². The second-order valence-electron chi connectivity index (χ2n) is 6.62. The molecule has 0 bridgehead atoms. The summed E-state index contributed by atoms with van der Waals surface area (Å²) in [5.74, 6) is -0.104. The second kappa shape index (κ2) is 8.88. The van der Waals surface area contributed by atoms with Gasteiger partial charge in [0.25, 0.3) is 5.91 Å². The minimum absolute atomic E-state index is 0.105. The number of carbonyl (C=O) groups excluding carboxylic acids is 1. The topological polar surface area (TPSA) is 135 Å². The van der Waals surface area contributed by atoms with Crippen LogP contribution in [0.25, 0.3) is 0 Å². The first kappa shape index (κ1) is 19.9. The van der Waals surface area contributed by atoms with Gasteiger partial charge in [0.2, 0.25) is 0 Å². The van der Waals surface area contributed by atoms with Crippen molar-refractivity contribution in [3.8, 4) is 6.57 Å². The Kier molecular flexibility index (Phi) is 6.31. The van der Waals surface area contributed by atoms with E-state index < -0.39 is 13.0 Å². The van der Waals surface area contributed by atoms with E-state index in [-0.39, 0.29) is 6.04 Å². The number of amides is 1. The first-order valence-corrected chi connectivity index (χ1v) is 9.04. The lowest BCUT2D eigenvalue weighted by atomic mass is 9.73.